The standard InChI is InChI=1S/C43H30N2/c1-43(2)37-19-10-22-44-41(37)42-38(43)25-32(26-45-42)29-13-9-14-30(24-29)39-33-15-5-7-17-35(33)40(36-18-8-6-16-34(36)39)31-21-20-27-11-3-4-12-28(27)23-31/h3-26H,1-2H3. The average Bonchev–Trinajstić information content (AvgIpc) is 3.32. The van der Waals surface area contributed by atoms with Crippen molar-refractivity contribution in [1.82, 2.24) is 9.97 Å². The Hall–Kier alpha value is -5.60. The van der Waals surface area contributed by atoms with E-state index in [9.17, 15) is 0 Å². The minimum atomic E-state index is -0.148. The Morgan fingerprint density at radius 1 is 0.422 bits per heavy atom. The predicted molar refractivity (Wildman–Crippen MR) is 188 cm³/mol. The summed E-state index contributed by atoms with van der Waals surface area (Å²) in [5, 5.41) is 7.55. The van der Waals surface area contributed by atoms with Gasteiger partial charge in [0.15, 0.2) is 0 Å². The van der Waals surface area contributed by atoms with Crippen molar-refractivity contribution in [3.05, 3.63) is 157 Å². The van der Waals surface area contributed by atoms with Gasteiger partial charge >= 0.3 is 0 Å². The van der Waals surface area contributed by atoms with Crippen molar-refractivity contribution >= 4 is 32.3 Å². The molecule has 0 saturated heterocycles. The van der Waals surface area contributed by atoms with Gasteiger partial charge in [0.1, 0.15) is 0 Å². The van der Waals surface area contributed by atoms with Gasteiger partial charge in [0, 0.05) is 23.4 Å². The van der Waals surface area contributed by atoms with Gasteiger partial charge in [0.2, 0.25) is 0 Å². The topological polar surface area (TPSA) is 25.8 Å². The molecule has 212 valence electrons. The predicted octanol–water partition coefficient (Wildman–Crippen LogP) is 11.2. The molecule has 0 N–H and O–H groups in total. The molecule has 1 aliphatic rings. The lowest BCUT2D eigenvalue weighted by Crippen LogP contribution is -2.15. The normalized spacial score (nSPS) is 13.3. The van der Waals surface area contributed by atoms with Gasteiger partial charge in [-0.3, -0.25) is 9.97 Å². The second-order valence-electron chi connectivity index (χ2n) is 12.6. The van der Waals surface area contributed by atoms with E-state index in [0.717, 1.165) is 22.5 Å². The molecule has 2 aromatic heterocycles. The molecule has 0 bridgehead atoms. The summed E-state index contributed by atoms with van der Waals surface area (Å²) < 4.78 is 0. The van der Waals surface area contributed by atoms with Gasteiger partial charge in [-0.25, -0.2) is 0 Å². The maximum absolute atomic E-state index is 4.98. The molecule has 0 atom stereocenters. The van der Waals surface area contributed by atoms with Crippen LogP contribution in [0.1, 0.15) is 25.0 Å². The zero-order valence-corrected chi connectivity index (χ0v) is 25.3. The number of benzene rings is 6. The van der Waals surface area contributed by atoms with Crippen LogP contribution in [0.5, 0.6) is 0 Å². The fourth-order valence-electron chi connectivity index (χ4n) is 7.48. The van der Waals surface area contributed by atoms with Crippen molar-refractivity contribution in [3.63, 3.8) is 0 Å². The summed E-state index contributed by atoms with van der Waals surface area (Å²) in [5.74, 6) is 0. The molecule has 2 nitrogen and oxygen atoms in total. The number of pyridine rings is 2. The molecule has 0 saturated carbocycles. The molecule has 45 heavy (non-hydrogen) atoms. The van der Waals surface area contributed by atoms with E-state index in [1.54, 1.807) is 0 Å². The fourth-order valence-corrected chi connectivity index (χ4v) is 7.48. The molecular formula is C43H30N2. The summed E-state index contributed by atoms with van der Waals surface area (Å²) in [5.41, 5.74) is 11.6. The molecule has 2 heterocycles. The Morgan fingerprint density at radius 2 is 1.02 bits per heavy atom. The molecule has 2 heteroatoms. The molecule has 1 aliphatic carbocycles. The first kappa shape index (κ1) is 25.9. The maximum atomic E-state index is 4.98. The van der Waals surface area contributed by atoms with Crippen molar-refractivity contribution in [2.45, 2.75) is 19.3 Å². The number of fused-ring (bicyclic) bond motifs is 6. The van der Waals surface area contributed by atoms with Crippen LogP contribution < -0.4 is 0 Å². The van der Waals surface area contributed by atoms with Crippen LogP contribution >= 0.6 is 0 Å². The third-order valence-corrected chi connectivity index (χ3v) is 9.72. The first-order valence-electron chi connectivity index (χ1n) is 15.6. The number of hydrogen-bond acceptors (Lipinski definition) is 2. The van der Waals surface area contributed by atoms with Gasteiger partial charge < -0.3 is 0 Å². The summed E-state index contributed by atoms with van der Waals surface area (Å²) in [6.45, 7) is 4.55. The van der Waals surface area contributed by atoms with E-state index >= 15 is 0 Å². The second kappa shape index (κ2) is 9.70. The maximum Gasteiger partial charge on any atom is 0.0930 e. The molecule has 6 aromatic carbocycles. The smallest absolute Gasteiger partial charge is 0.0930 e. The Morgan fingerprint density at radius 3 is 1.73 bits per heavy atom. The van der Waals surface area contributed by atoms with Crippen LogP contribution in [0.25, 0.3) is 77.1 Å². The van der Waals surface area contributed by atoms with Gasteiger partial charge in [0.25, 0.3) is 0 Å². The van der Waals surface area contributed by atoms with E-state index in [2.05, 4.69) is 141 Å². The van der Waals surface area contributed by atoms with Crippen molar-refractivity contribution in [3.8, 4) is 44.8 Å². The Balaban J connectivity index is 1.25. The highest BCUT2D eigenvalue weighted by Gasteiger charge is 2.37. The van der Waals surface area contributed by atoms with Crippen molar-refractivity contribution in [2.24, 2.45) is 0 Å². The van der Waals surface area contributed by atoms with E-state index < -0.39 is 0 Å². The largest absolute Gasteiger partial charge is 0.254 e. The molecule has 8 aromatic rings. The summed E-state index contributed by atoms with van der Waals surface area (Å²) in [4.78, 5) is 9.67. The summed E-state index contributed by atoms with van der Waals surface area (Å²) in [6.07, 6.45) is 3.87. The van der Waals surface area contributed by atoms with E-state index in [1.807, 2.05) is 18.5 Å². The first-order chi connectivity index (χ1) is 22.1. The van der Waals surface area contributed by atoms with E-state index in [-0.39, 0.29) is 5.41 Å². The van der Waals surface area contributed by atoms with Crippen LogP contribution in [0.4, 0.5) is 0 Å². The lowest BCUT2D eigenvalue weighted by molar-refractivity contribution is 0.658. The van der Waals surface area contributed by atoms with Crippen molar-refractivity contribution < 1.29 is 0 Å². The Labute approximate surface area is 262 Å². The van der Waals surface area contributed by atoms with Gasteiger partial charge in [-0.2, -0.15) is 0 Å². The highest BCUT2D eigenvalue weighted by atomic mass is 14.8. The van der Waals surface area contributed by atoms with Crippen molar-refractivity contribution in [2.75, 3.05) is 0 Å². The highest BCUT2D eigenvalue weighted by Crippen LogP contribution is 2.48. The monoisotopic (exact) mass is 574 g/mol. The third-order valence-electron chi connectivity index (χ3n) is 9.72. The molecule has 0 unspecified atom stereocenters. The number of nitrogens with zero attached hydrogens (tertiary/aromatic N) is 2. The molecule has 0 amide bonds. The lowest BCUT2D eigenvalue weighted by Gasteiger charge is -2.21. The van der Waals surface area contributed by atoms with Gasteiger partial charge in [-0.05, 0) is 95.5 Å². The Kier molecular flexibility index (Phi) is 5.58. The zero-order chi connectivity index (χ0) is 30.1. The molecule has 0 fully saturated rings. The fraction of sp³-hybridized carbons (Fsp3) is 0.0698. The highest BCUT2D eigenvalue weighted by molar-refractivity contribution is 6.21. The van der Waals surface area contributed by atoms with E-state index in [0.29, 0.717) is 0 Å². The average molecular weight is 575 g/mol. The number of hydrogen-bond donors (Lipinski definition) is 0. The van der Waals surface area contributed by atoms with E-state index in [4.69, 9.17) is 9.97 Å². The zero-order valence-electron chi connectivity index (χ0n) is 25.3. The summed E-state index contributed by atoms with van der Waals surface area (Å²) in [7, 11) is 0. The summed E-state index contributed by atoms with van der Waals surface area (Å²) >= 11 is 0. The minimum Gasteiger partial charge on any atom is -0.254 e. The summed E-state index contributed by atoms with van der Waals surface area (Å²) in [6, 6.07) is 48.7. The van der Waals surface area contributed by atoms with Crippen LogP contribution in [-0.2, 0) is 5.41 Å². The third kappa shape index (κ3) is 3.89. The Bertz CT molecular complexity index is 2410. The second-order valence-corrected chi connectivity index (χ2v) is 12.6. The van der Waals surface area contributed by atoms with Crippen LogP contribution in [0.2, 0.25) is 0 Å². The molecule has 9 rings (SSSR count). The number of aromatic nitrogens is 2. The SMILES string of the molecule is CC1(C)c2cccnc2-c2ncc(-c3cccc(-c4c5ccccc5c(-c5ccc6ccccc6c5)c5ccccc45)c3)cc21. The quantitative estimate of drug-likeness (QED) is 0.196. The van der Waals surface area contributed by atoms with E-state index in [1.165, 1.54) is 65.7 Å². The van der Waals surface area contributed by atoms with Gasteiger partial charge in [-0.1, -0.05) is 123 Å². The van der Waals surface area contributed by atoms with Crippen LogP contribution in [-0.4, -0.2) is 9.97 Å². The lowest BCUT2D eigenvalue weighted by atomic mass is 9.82. The molecule has 0 radical (unpaired) electrons. The van der Waals surface area contributed by atoms with Crippen LogP contribution in [0, 0.1) is 0 Å². The minimum absolute atomic E-state index is 0.148. The van der Waals surface area contributed by atoms with Crippen LogP contribution in [0.3, 0.4) is 0 Å². The van der Waals surface area contributed by atoms with Gasteiger partial charge in [-0.15, -0.1) is 0 Å². The van der Waals surface area contributed by atoms with Crippen molar-refractivity contribution in [1.29, 1.82) is 0 Å². The first-order valence-corrected chi connectivity index (χ1v) is 15.6. The van der Waals surface area contributed by atoms with Crippen LogP contribution in [0.15, 0.2) is 146 Å². The number of rotatable bonds is 3. The molecule has 0 spiro atoms. The molecule has 0 aliphatic heterocycles. The molecular weight excluding hydrogens is 544 g/mol. The van der Waals surface area contributed by atoms with Gasteiger partial charge in [0.05, 0.1) is 11.4 Å².